The quantitative estimate of drug-likeness (QED) is 0.262. The number of aliphatic hydroxyl groups excluding tert-OH is 3. The first-order valence-electron chi connectivity index (χ1n) is 11.3. The Morgan fingerprint density at radius 2 is 1.59 bits per heavy atom. The van der Waals surface area contributed by atoms with Gasteiger partial charge < -0.3 is 31.5 Å². The Morgan fingerprint density at radius 1 is 1.00 bits per heavy atom. The Bertz CT molecular complexity index is 1210. The number of aromatic nitrogens is 2. The summed E-state index contributed by atoms with van der Waals surface area (Å²) in [7, 11) is 0. The molecule has 0 atom stereocenters. The van der Waals surface area contributed by atoms with Gasteiger partial charge in [-0.15, -0.1) is 0 Å². The molecular formula is C25H27F3N4O5. The van der Waals surface area contributed by atoms with E-state index in [1.807, 2.05) is 6.07 Å². The molecule has 0 unspecified atom stereocenters. The van der Waals surface area contributed by atoms with Gasteiger partial charge in [0.15, 0.2) is 5.82 Å². The Balaban J connectivity index is 0.000000414. The van der Waals surface area contributed by atoms with Gasteiger partial charge in [0.2, 0.25) is 0 Å². The number of alkyl halides is 3. The maximum Gasteiger partial charge on any atom is 0.417 e. The number of anilines is 2. The average Bonchev–Trinajstić information content (AvgIpc) is 3.74. The number of carbonyl (C=O) groups is 1. The summed E-state index contributed by atoms with van der Waals surface area (Å²) in [6.07, 6.45) is 0.253. The molecular weight excluding hydrogens is 493 g/mol. The van der Waals surface area contributed by atoms with Crippen molar-refractivity contribution in [3.63, 3.8) is 0 Å². The van der Waals surface area contributed by atoms with Gasteiger partial charge in [-0.3, -0.25) is 0 Å². The Labute approximate surface area is 210 Å². The normalized spacial score (nSPS) is 13.5. The molecule has 198 valence electrons. The molecule has 7 N–H and O–H groups in total. The fraction of sp³-hybridized carbons (Fsp3) is 0.320. The molecule has 12 heteroatoms. The molecule has 1 aliphatic rings. The third-order valence-electron chi connectivity index (χ3n) is 5.67. The summed E-state index contributed by atoms with van der Waals surface area (Å²) in [4.78, 5) is 19.7. The SMILES string of the molecule is NC(CO)(CO)CO.O=C(O)c1cc(C2CC2)ccc1Nc1cnc(-c2ccccc2C(F)(F)F)nc1. The number of aliphatic hydroxyl groups is 3. The van der Waals surface area contributed by atoms with E-state index in [9.17, 15) is 23.1 Å². The van der Waals surface area contributed by atoms with Crippen molar-refractivity contribution in [2.24, 2.45) is 5.73 Å². The lowest BCUT2D eigenvalue weighted by Crippen LogP contribution is -2.50. The van der Waals surface area contributed by atoms with Crippen LogP contribution in [-0.4, -0.2) is 61.7 Å². The van der Waals surface area contributed by atoms with E-state index in [1.54, 1.807) is 12.1 Å². The molecule has 1 heterocycles. The van der Waals surface area contributed by atoms with Gasteiger partial charge >= 0.3 is 12.1 Å². The number of halogens is 3. The van der Waals surface area contributed by atoms with Crippen molar-refractivity contribution in [2.75, 3.05) is 25.1 Å². The molecule has 9 nitrogen and oxygen atoms in total. The number of aromatic carboxylic acids is 1. The maximum absolute atomic E-state index is 13.2. The molecule has 1 saturated carbocycles. The second-order valence-electron chi connectivity index (χ2n) is 8.68. The Hall–Kier alpha value is -3.58. The number of hydrogen-bond acceptors (Lipinski definition) is 8. The molecule has 0 saturated heterocycles. The van der Waals surface area contributed by atoms with E-state index >= 15 is 0 Å². The van der Waals surface area contributed by atoms with Gasteiger partial charge in [-0.05, 0) is 42.5 Å². The summed E-state index contributed by atoms with van der Waals surface area (Å²) in [5.74, 6) is -0.712. The van der Waals surface area contributed by atoms with E-state index in [0.29, 0.717) is 17.3 Å². The molecule has 0 bridgehead atoms. The largest absolute Gasteiger partial charge is 0.478 e. The van der Waals surface area contributed by atoms with Crippen LogP contribution in [0.4, 0.5) is 24.5 Å². The number of nitrogens with two attached hydrogens (primary N) is 1. The molecule has 37 heavy (non-hydrogen) atoms. The molecule has 0 spiro atoms. The maximum atomic E-state index is 13.2. The molecule has 0 radical (unpaired) electrons. The van der Waals surface area contributed by atoms with Crippen LogP contribution in [-0.2, 0) is 6.18 Å². The van der Waals surface area contributed by atoms with Gasteiger partial charge in [-0.25, -0.2) is 14.8 Å². The van der Waals surface area contributed by atoms with Crippen molar-refractivity contribution in [1.82, 2.24) is 9.97 Å². The van der Waals surface area contributed by atoms with Crippen molar-refractivity contribution in [1.29, 1.82) is 0 Å². The molecule has 0 amide bonds. The van der Waals surface area contributed by atoms with Crippen LogP contribution in [0.25, 0.3) is 11.4 Å². The number of rotatable bonds is 8. The summed E-state index contributed by atoms with van der Waals surface area (Å²) in [6.45, 7) is -1.21. The van der Waals surface area contributed by atoms with E-state index < -0.39 is 43.1 Å². The average molecular weight is 521 g/mol. The zero-order valence-corrected chi connectivity index (χ0v) is 19.6. The van der Waals surface area contributed by atoms with Crippen LogP contribution in [0.5, 0.6) is 0 Å². The fourth-order valence-corrected chi connectivity index (χ4v) is 3.28. The van der Waals surface area contributed by atoms with Crippen molar-refractivity contribution in [2.45, 2.75) is 30.5 Å². The highest BCUT2D eigenvalue weighted by molar-refractivity contribution is 5.95. The van der Waals surface area contributed by atoms with Crippen LogP contribution in [0.15, 0.2) is 54.9 Å². The molecule has 1 aromatic heterocycles. The van der Waals surface area contributed by atoms with Crippen LogP contribution in [0, 0.1) is 0 Å². The lowest BCUT2D eigenvalue weighted by atomic mass is 10.0. The van der Waals surface area contributed by atoms with Crippen molar-refractivity contribution in [3.05, 3.63) is 71.5 Å². The van der Waals surface area contributed by atoms with Gasteiger partial charge in [0.25, 0.3) is 0 Å². The van der Waals surface area contributed by atoms with Gasteiger partial charge in [0.1, 0.15) is 0 Å². The molecule has 3 aromatic rings. The number of carboxylic acids is 1. The molecule has 4 rings (SSSR count). The summed E-state index contributed by atoms with van der Waals surface area (Å²) in [5.41, 5.74) is 4.86. The lowest BCUT2D eigenvalue weighted by molar-refractivity contribution is -0.137. The molecule has 2 aromatic carbocycles. The Morgan fingerprint density at radius 3 is 2.08 bits per heavy atom. The predicted molar refractivity (Wildman–Crippen MR) is 129 cm³/mol. The number of hydrogen-bond donors (Lipinski definition) is 6. The number of benzene rings is 2. The highest BCUT2D eigenvalue weighted by Gasteiger charge is 2.34. The van der Waals surface area contributed by atoms with Gasteiger partial charge in [0, 0.05) is 5.56 Å². The standard InChI is InChI=1S/C21H16F3N3O2.C4H11NO3/c22-21(23,24)17-4-2-1-3-15(17)19-25-10-14(11-26-19)27-18-8-7-13(12-5-6-12)9-16(18)20(28)29;5-4(1-6,2-7)3-8/h1-4,7-12,27H,5-6H2,(H,28,29);6-8H,1-3,5H2. The Kier molecular flexibility index (Phi) is 8.81. The monoisotopic (exact) mass is 520 g/mol. The van der Waals surface area contributed by atoms with Crippen molar-refractivity contribution in [3.8, 4) is 11.4 Å². The lowest BCUT2D eigenvalue weighted by Gasteiger charge is -2.20. The summed E-state index contributed by atoms with van der Waals surface area (Å²) in [6, 6.07) is 10.3. The van der Waals surface area contributed by atoms with Crippen molar-refractivity contribution < 1.29 is 38.4 Å². The van der Waals surface area contributed by atoms with E-state index in [4.69, 9.17) is 21.1 Å². The van der Waals surface area contributed by atoms with E-state index in [2.05, 4.69) is 15.3 Å². The topological polar surface area (TPSA) is 162 Å². The first-order valence-corrected chi connectivity index (χ1v) is 11.3. The fourth-order valence-electron chi connectivity index (χ4n) is 3.28. The third kappa shape index (κ3) is 7.23. The van der Waals surface area contributed by atoms with Crippen LogP contribution >= 0.6 is 0 Å². The first kappa shape index (κ1) is 28.0. The number of carboxylic acid groups (broad SMARTS) is 1. The van der Waals surface area contributed by atoms with Gasteiger partial charge in [0.05, 0.1) is 60.3 Å². The molecule has 1 fully saturated rings. The summed E-state index contributed by atoms with van der Waals surface area (Å²) >= 11 is 0. The smallest absolute Gasteiger partial charge is 0.417 e. The van der Waals surface area contributed by atoms with Crippen LogP contribution < -0.4 is 11.1 Å². The van der Waals surface area contributed by atoms with Crippen LogP contribution in [0.1, 0.15) is 40.2 Å². The highest BCUT2D eigenvalue weighted by atomic mass is 19.4. The van der Waals surface area contributed by atoms with Crippen molar-refractivity contribution >= 4 is 17.3 Å². The minimum Gasteiger partial charge on any atom is -0.478 e. The van der Waals surface area contributed by atoms with Crippen LogP contribution in [0.3, 0.4) is 0 Å². The van der Waals surface area contributed by atoms with Gasteiger partial charge in [-0.2, -0.15) is 13.2 Å². The van der Waals surface area contributed by atoms with E-state index in [1.165, 1.54) is 30.6 Å². The summed E-state index contributed by atoms with van der Waals surface area (Å²) < 4.78 is 39.6. The number of nitrogens with one attached hydrogen (secondary N) is 1. The molecule has 0 aliphatic heterocycles. The van der Waals surface area contributed by atoms with Gasteiger partial charge in [-0.1, -0.05) is 24.3 Å². The highest BCUT2D eigenvalue weighted by Crippen LogP contribution is 2.41. The van der Waals surface area contributed by atoms with E-state index in [-0.39, 0.29) is 17.0 Å². The zero-order chi connectivity index (χ0) is 27.2. The second-order valence-corrected chi connectivity index (χ2v) is 8.68. The van der Waals surface area contributed by atoms with Crippen LogP contribution in [0.2, 0.25) is 0 Å². The summed E-state index contributed by atoms with van der Waals surface area (Å²) in [5, 5.41) is 37.4. The molecule has 1 aliphatic carbocycles. The first-order chi connectivity index (χ1) is 17.5. The minimum absolute atomic E-state index is 0.0639. The number of nitrogens with zero attached hydrogens (tertiary/aromatic N) is 2. The third-order valence-corrected chi connectivity index (χ3v) is 5.67. The predicted octanol–water partition coefficient (Wildman–Crippen LogP) is 3.14. The zero-order valence-electron chi connectivity index (χ0n) is 19.6. The minimum atomic E-state index is -4.52. The second kappa shape index (κ2) is 11.6. The van der Waals surface area contributed by atoms with E-state index in [0.717, 1.165) is 24.5 Å².